The molecule has 0 atom stereocenters. The van der Waals surface area contributed by atoms with Gasteiger partial charge in [0.25, 0.3) is 5.69 Å². The maximum Gasteiger partial charge on any atom is 0.416 e. The maximum absolute atomic E-state index is 12.9. The highest BCUT2D eigenvalue weighted by molar-refractivity contribution is 6.32. The van der Waals surface area contributed by atoms with Crippen molar-refractivity contribution >= 4 is 39.6 Å². The lowest BCUT2D eigenvalue weighted by molar-refractivity contribution is -0.384. The molecule has 26 heavy (non-hydrogen) atoms. The van der Waals surface area contributed by atoms with E-state index in [4.69, 9.17) is 11.6 Å². The van der Waals surface area contributed by atoms with Crippen LogP contribution in [-0.2, 0) is 6.18 Å². The number of hydrogen-bond donors (Lipinski definition) is 1. The van der Waals surface area contributed by atoms with Crippen molar-refractivity contribution in [3.8, 4) is 0 Å². The summed E-state index contributed by atoms with van der Waals surface area (Å²) in [6, 6.07) is 9.08. The molecule has 5 nitrogen and oxygen atoms in total. The van der Waals surface area contributed by atoms with Crippen LogP contribution in [0.15, 0.2) is 42.5 Å². The maximum atomic E-state index is 12.9. The van der Waals surface area contributed by atoms with Gasteiger partial charge in [-0.15, -0.1) is 0 Å². The number of halogens is 4. The van der Waals surface area contributed by atoms with Crippen LogP contribution in [0, 0.1) is 17.0 Å². The number of benzene rings is 2. The zero-order valence-electron chi connectivity index (χ0n) is 13.3. The molecule has 0 radical (unpaired) electrons. The molecule has 3 rings (SSSR count). The number of aromatic nitrogens is 1. The largest absolute Gasteiger partial charge is 0.416 e. The van der Waals surface area contributed by atoms with E-state index in [0.29, 0.717) is 22.5 Å². The molecule has 1 N–H and O–H groups in total. The molecule has 0 fully saturated rings. The van der Waals surface area contributed by atoms with E-state index in [1.165, 1.54) is 18.2 Å². The molecule has 0 amide bonds. The zero-order valence-corrected chi connectivity index (χ0v) is 14.0. The average Bonchev–Trinajstić information content (AvgIpc) is 2.54. The normalized spacial score (nSPS) is 11.6. The second-order valence-electron chi connectivity index (χ2n) is 5.59. The third-order valence-electron chi connectivity index (χ3n) is 3.69. The first kappa shape index (κ1) is 17.9. The Balaban J connectivity index is 2.08. The molecular formula is C17H11ClF3N3O2. The summed E-state index contributed by atoms with van der Waals surface area (Å²) in [5.74, 6) is 0. The first-order chi connectivity index (χ1) is 12.1. The van der Waals surface area contributed by atoms with E-state index in [1.807, 2.05) is 0 Å². The minimum absolute atomic E-state index is 0.00821. The number of fused-ring (bicyclic) bond motifs is 1. The Kier molecular flexibility index (Phi) is 4.45. The highest BCUT2D eigenvalue weighted by Gasteiger charge is 2.30. The Morgan fingerprint density at radius 2 is 1.88 bits per heavy atom. The van der Waals surface area contributed by atoms with Gasteiger partial charge in [0.1, 0.15) is 5.02 Å². The molecular weight excluding hydrogens is 371 g/mol. The Hall–Kier alpha value is -2.87. The number of anilines is 2. The number of pyridine rings is 1. The zero-order chi connectivity index (χ0) is 19.1. The summed E-state index contributed by atoms with van der Waals surface area (Å²) < 4.78 is 38.7. The van der Waals surface area contributed by atoms with E-state index in [9.17, 15) is 23.3 Å². The monoisotopic (exact) mass is 381 g/mol. The van der Waals surface area contributed by atoms with Gasteiger partial charge in [-0.05, 0) is 37.3 Å². The van der Waals surface area contributed by atoms with Crippen LogP contribution in [-0.4, -0.2) is 9.91 Å². The first-order valence-corrected chi connectivity index (χ1v) is 7.72. The van der Waals surface area contributed by atoms with Crippen LogP contribution in [0.25, 0.3) is 10.9 Å². The summed E-state index contributed by atoms with van der Waals surface area (Å²) in [6.07, 6.45) is -4.47. The minimum Gasteiger partial charge on any atom is -0.355 e. The van der Waals surface area contributed by atoms with E-state index in [-0.39, 0.29) is 16.2 Å². The predicted octanol–water partition coefficient (Wildman–Crippen LogP) is 5.87. The summed E-state index contributed by atoms with van der Waals surface area (Å²) >= 11 is 5.79. The van der Waals surface area contributed by atoms with Gasteiger partial charge in [0.05, 0.1) is 16.0 Å². The van der Waals surface area contributed by atoms with Crippen LogP contribution < -0.4 is 5.32 Å². The topological polar surface area (TPSA) is 68.1 Å². The fourth-order valence-corrected chi connectivity index (χ4v) is 2.71. The molecule has 0 bridgehead atoms. The number of nitrogens with one attached hydrogen (secondary N) is 1. The molecule has 3 aromatic rings. The minimum atomic E-state index is -4.47. The molecule has 0 aliphatic rings. The molecule has 0 aliphatic carbocycles. The van der Waals surface area contributed by atoms with Gasteiger partial charge in [-0.1, -0.05) is 17.7 Å². The first-order valence-electron chi connectivity index (χ1n) is 7.35. The molecule has 1 aromatic heterocycles. The number of aryl methyl sites for hydroxylation is 1. The molecule has 0 saturated carbocycles. The van der Waals surface area contributed by atoms with Crippen LogP contribution >= 0.6 is 11.6 Å². The van der Waals surface area contributed by atoms with E-state index in [1.54, 1.807) is 19.1 Å². The fourth-order valence-electron chi connectivity index (χ4n) is 2.53. The number of nitro groups is 1. The van der Waals surface area contributed by atoms with Crippen molar-refractivity contribution in [3.63, 3.8) is 0 Å². The van der Waals surface area contributed by atoms with Crippen molar-refractivity contribution < 1.29 is 18.1 Å². The van der Waals surface area contributed by atoms with Crippen molar-refractivity contribution in [2.24, 2.45) is 0 Å². The Bertz CT molecular complexity index is 1020. The molecule has 0 unspecified atom stereocenters. The highest BCUT2D eigenvalue weighted by atomic mass is 35.5. The lowest BCUT2D eigenvalue weighted by Crippen LogP contribution is -2.05. The quantitative estimate of drug-likeness (QED) is 0.455. The summed E-state index contributed by atoms with van der Waals surface area (Å²) in [7, 11) is 0. The predicted molar refractivity (Wildman–Crippen MR) is 92.9 cm³/mol. The van der Waals surface area contributed by atoms with Gasteiger partial charge >= 0.3 is 6.18 Å². The van der Waals surface area contributed by atoms with Gasteiger partial charge in [-0.2, -0.15) is 13.2 Å². The molecule has 9 heteroatoms. The summed E-state index contributed by atoms with van der Waals surface area (Å²) in [4.78, 5) is 14.5. The van der Waals surface area contributed by atoms with E-state index in [0.717, 1.165) is 12.1 Å². The van der Waals surface area contributed by atoms with E-state index >= 15 is 0 Å². The van der Waals surface area contributed by atoms with Gasteiger partial charge < -0.3 is 5.32 Å². The molecule has 2 aromatic carbocycles. The van der Waals surface area contributed by atoms with Gasteiger partial charge in [-0.3, -0.25) is 15.1 Å². The summed E-state index contributed by atoms with van der Waals surface area (Å²) in [5.41, 5.74) is 0.474. The number of nitro benzene ring substituents is 1. The van der Waals surface area contributed by atoms with Gasteiger partial charge in [-0.25, -0.2) is 0 Å². The van der Waals surface area contributed by atoms with Gasteiger partial charge in [0, 0.05) is 28.5 Å². The fraction of sp³-hybridized carbons (Fsp3) is 0.118. The average molecular weight is 382 g/mol. The lowest BCUT2D eigenvalue weighted by atomic mass is 10.1. The van der Waals surface area contributed by atoms with Crippen LogP contribution in [0.4, 0.5) is 30.2 Å². The van der Waals surface area contributed by atoms with Crippen molar-refractivity contribution in [1.29, 1.82) is 0 Å². The third kappa shape index (κ3) is 3.55. The van der Waals surface area contributed by atoms with Crippen LogP contribution in [0.1, 0.15) is 11.3 Å². The van der Waals surface area contributed by atoms with Gasteiger partial charge in [0.2, 0.25) is 0 Å². The van der Waals surface area contributed by atoms with Crippen molar-refractivity contribution in [1.82, 2.24) is 4.98 Å². The number of hydrogen-bond acceptors (Lipinski definition) is 4. The van der Waals surface area contributed by atoms with E-state index < -0.39 is 16.7 Å². The van der Waals surface area contributed by atoms with Gasteiger partial charge in [0.15, 0.2) is 0 Å². The third-order valence-corrected chi connectivity index (χ3v) is 4.01. The van der Waals surface area contributed by atoms with Crippen LogP contribution in [0.5, 0.6) is 0 Å². The summed E-state index contributed by atoms with van der Waals surface area (Å²) in [5, 5.41) is 14.4. The van der Waals surface area contributed by atoms with Crippen LogP contribution in [0.3, 0.4) is 0 Å². The standard InChI is InChI=1S/C17H11ClF3N3O2/c1-9-6-14(23-11-3-5-13(18)16(8-11)24(25)26)12-4-2-10(17(19,20)21)7-15(12)22-9/h2-8H,1H3,(H,22,23). The smallest absolute Gasteiger partial charge is 0.355 e. The van der Waals surface area contributed by atoms with Crippen molar-refractivity contribution in [2.45, 2.75) is 13.1 Å². The van der Waals surface area contributed by atoms with E-state index in [2.05, 4.69) is 10.3 Å². The molecule has 1 heterocycles. The summed E-state index contributed by atoms with van der Waals surface area (Å²) in [6.45, 7) is 1.65. The lowest BCUT2D eigenvalue weighted by Gasteiger charge is -2.13. The Morgan fingerprint density at radius 1 is 1.15 bits per heavy atom. The second kappa shape index (κ2) is 6.45. The number of rotatable bonds is 3. The molecule has 0 saturated heterocycles. The number of nitrogens with zero attached hydrogens (tertiary/aromatic N) is 2. The molecule has 134 valence electrons. The molecule has 0 aliphatic heterocycles. The Morgan fingerprint density at radius 3 is 2.54 bits per heavy atom. The SMILES string of the molecule is Cc1cc(Nc2ccc(Cl)c([N+](=O)[O-])c2)c2ccc(C(F)(F)F)cc2n1. The van der Waals surface area contributed by atoms with Crippen molar-refractivity contribution in [2.75, 3.05) is 5.32 Å². The number of alkyl halides is 3. The second-order valence-corrected chi connectivity index (χ2v) is 6.00. The van der Waals surface area contributed by atoms with Crippen LogP contribution in [0.2, 0.25) is 5.02 Å². The van der Waals surface area contributed by atoms with Crippen molar-refractivity contribution in [3.05, 3.63) is 68.9 Å². The highest BCUT2D eigenvalue weighted by Crippen LogP contribution is 2.35. The Labute approximate surface area is 150 Å². The molecule has 0 spiro atoms.